The second kappa shape index (κ2) is 4.28. The maximum Gasteiger partial charge on any atom is 0.181 e. The van der Waals surface area contributed by atoms with Crippen molar-refractivity contribution in [3.05, 3.63) is 53.4 Å². The number of thiophene rings is 1. The van der Waals surface area contributed by atoms with Crippen LogP contribution in [-0.2, 0) is 0 Å². The van der Waals surface area contributed by atoms with Gasteiger partial charge in [0.2, 0.25) is 0 Å². The van der Waals surface area contributed by atoms with E-state index in [0.717, 1.165) is 22.6 Å². The Balaban J connectivity index is 1.85. The van der Waals surface area contributed by atoms with Gasteiger partial charge in [-0.3, -0.25) is 0 Å². The molecule has 0 saturated heterocycles. The van der Waals surface area contributed by atoms with Crippen LogP contribution in [0, 0.1) is 6.92 Å². The molecule has 0 aliphatic carbocycles. The number of fused-ring (bicyclic) bond motifs is 1. The van der Waals surface area contributed by atoms with Gasteiger partial charge in [-0.1, -0.05) is 0 Å². The molecule has 4 heterocycles. The molecule has 0 aromatic carbocycles. The van der Waals surface area contributed by atoms with Gasteiger partial charge in [0.05, 0.1) is 12.4 Å². The Bertz CT molecular complexity index is 872. The average Bonchev–Trinajstić information content (AvgIpc) is 3.17. The molecular weight excluding hydrogens is 270 g/mol. The standard InChI is InChI=1S/C14H11N5S/c1-10-2-4-18-14(17-10)13(7-16-18)19-8-12(6-15-19)11-3-5-20-9-11/h2-9H,1H3. The van der Waals surface area contributed by atoms with Gasteiger partial charge in [0.15, 0.2) is 5.65 Å². The summed E-state index contributed by atoms with van der Waals surface area (Å²) in [6.45, 7) is 1.97. The van der Waals surface area contributed by atoms with E-state index in [0.29, 0.717) is 0 Å². The summed E-state index contributed by atoms with van der Waals surface area (Å²) >= 11 is 1.68. The van der Waals surface area contributed by atoms with Crippen LogP contribution in [0.25, 0.3) is 22.5 Å². The zero-order valence-corrected chi connectivity index (χ0v) is 11.6. The van der Waals surface area contributed by atoms with Crippen LogP contribution in [-0.4, -0.2) is 24.4 Å². The predicted molar refractivity (Wildman–Crippen MR) is 78.2 cm³/mol. The van der Waals surface area contributed by atoms with Crippen molar-refractivity contribution in [1.29, 1.82) is 0 Å². The van der Waals surface area contributed by atoms with Crippen LogP contribution in [0.5, 0.6) is 0 Å². The fourth-order valence-electron chi connectivity index (χ4n) is 2.14. The molecule has 20 heavy (non-hydrogen) atoms. The van der Waals surface area contributed by atoms with Crippen molar-refractivity contribution in [2.45, 2.75) is 6.92 Å². The van der Waals surface area contributed by atoms with Crippen LogP contribution in [0.15, 0.2) is 47.7 Å². The maximum atomic E-state index is 4.53. The van der Waals surface area contributed by atoms with E-state index in [1.54, 1.807) is 22.0 Å². The molecular formula is C14H11N5S. The lowest BCUT2D eigenvalue weighted by Crippen LogP contribution is -1.96. The summed E-state index contributed by atoms with van der Waals surface area (Å²) in [5, 5.41) is 12.9. The molecule has 0 atom stereocenters. The second-order valence-corrected chi connectivity index (χ2v) is 5.33. The van der Waals surface area contributed by atoms with Gasteiger partial charge >= 0.3 is 0 Å². The molecule has 4 aromatic rings. The van der Waals surface area contributed by atoms with Gasteiger partial charge in [-0.2, -0.15) is 21.5 Å². The largest absolute Gasteiger partial charge is 0.235 e. The Hall–Kier alpha value is -2.47. The van der Waals surface area contributed by atoms with E-state index in [1.165, 1.54) is 5.56 Å². The molecule has 6 heteroatoms. The van der Waals surface area contributed by atoms with E-state index in [1.807, 2.05) is 36.3 Å². The molecule has 0 aliphatic heterocycles. The SMILES string of the molecule is Cc1ccn2ncc(-n3cc(-c4ccsc4)cn3)c2n1. The lowest BCUT2D eigenvalue weighted by Gasteiger charge is -1.99. The van der Waals surface area contributed by atoms with Gasteiger partial charge in [-0.25, -0.2) is 14.2 Å². The summed E-state index contributed by atoms with van der Waals surface area (Å²) in [7, 11) is 0. The van der Waals surface area contributed by atoms with Crippen LogP contribution in [0.1, 0.15) is 5.69 Å². The highest BCUT2D eigenvalue weighted by Gasteiger charge is 2.10. The van der Waals surface area contributed by atoms with Crippen molar-refractivity contribution in [1.82, 2.24) is 24.4 Å². The molecule has 0 unspecified atom stereocenters. The highest BCUT2D eigenvalue weighted by molar-refractivity contribution is 7.08. The van der Waals surface area contributed by atoms with Crippen molar-refractivity contribution >= 4 is 17.0 Å². The Morgan fingerprint density at radius 2 is 2.05 bits per heavy atom. The molecule has 0 bridgehead atoms. The van der Waals surface area contributed by atoms with Crippen LogP contribution >= 0.6 is 11.3 Å². The second-order valence-electron chi connectivity index (χ2n) is 4.55. The highest BCUT2D eigenvalue weighted by Crippen LogP contribution is 2.23. The summed E-state index contributed by atoms with van der Waals surface area (Å²) in [6, 6.07) is 4.02. The summed E-state index contributed by atoms with van der Waals surface area (Å²) in [4.78, 5) is 4.53. The maximum absolute atomic E-state index is 4.53. The van der Waals surface area contributed by atoms with E-state index in [2.05, 4.69) is 32.0 Å². The zero-order chi connectivity index (χ0) is 13.5. The van der Waals surface area contributed by atoms with Crippen molar-refractivity contribution in [2.75, 3.05) is 0 Å². The summed E-state index contributed by atoms with van der Waals surface area (Å²) in [5.74, 6) is 0. The van der Waals surface area contributed by atoms with Gasteiger partial charge in [-0.05, 0) is 35.4 Å². The Labute approximate surface area is 119 Å². The van der Waals surface area contributed by atoms with Crippen LogP contribution in [0.4, 0.5) is 0 Å². The number of hydrogen-bond acceptors (Lipinski definition) is 4. The Morgan fingerprint density at radius 3 is 2.90 bits per heavy atom. The van der Waals surface area contributed by atoms with E-state index >= 15 is 0 Å². The number of aryl methyl sites for hydroxylation is 1. The van der Waals surface area contributed by atoms with Gasteiger partial charge < -0.3 is 0 Å². The molecule has 0 saturated carbocycles. The molecule has 0 N–H and O–H groups in total. The van der Waals surface area contributed by atoms with Gasteiger partial charge in [0.25, 0.3) is 0 Å². The van der Waals surface area contributed by atoms with Crippen molar-refractivity contribution < 1.29 is 0 Å². The number of aromatic nitrogens is 5. The minimum atomic E-state index is 0.810. The molecule has 98 valence electrons. The van der Waals surface area contributed by atoms with Gasteiger partial charge in [0.1, 0.15) is 5.69 Å². The minimum Gasteiger partial charge on any atom is -0.235 e. The molecule has 0 amide bonds. The molecule has 0 aliphatic rings. The molecule has 0 radical (unpaired) electrons. The van der Waals surface area contributed by atoms with Gasteiger partial charge in [0, 0.05) is 23.7 Å². The normalized spacial score (nSPS) is 11.2. The molecule has 4 rings (SSSR count). The van der Waals surface area contributed by atoms with Crippen molar-refractivity contribution in [2.24, 2.45) is 0 Å². The number of nitrogens with zero attached hydrogens (tertiary/aromatic N) is 5. The van der Waals surface area contributed by atoms with E-state index in [4.69, 9.17) is 0 Å². The third-order valence-corrected chi connectivity index (χ3v) is 3.86. The van der Waals surface area contributed by atoms with Crippen molar-refractivity contribution in [3.63, 3.8) is 0 Å². The lowest BCUT2D eigenvalue weighted by atomic mass is 10.2. The lowest BCUT2D eigenvalue weighted by molar-refractivity contribution is 0.883. The first kappa shape index (κ1) is 11.4. The monoisotopic (exact) mass is 281 g/mol. The van der Waals surface area contributed by atoms with Crippen LogP contribution in [0.3, 0.4) is 0 Å². The number of rotatable bonds is 2. The number of hydrogen-bond donors (Lipinski definition) is 0. The summed E-state index contributed by atoms with van der Waals surface area (Å²) < 4.78 is 3.58. The van der Waals surface area contributed by atoms with E-state index < -0.39 is 0 Å². The first-order valence-corrected chi connectivity index (χ1v) is 7.14. The first-order chi connectivity index (χ1) is 9.81. The third-order valence-electron chi connectivity index (χ3n) is 3.17. The van der Waals surface area contributed by atoms with Crippen LogP contribution < -0.4 is 0 Å². The van der Waals surface area contributed by atoms with Crippen LogP contribution in [0.2, 0.25) is 0 Å². The van der Waals surface area contributed by atoms with Gasteiger partial charge in [-0.15, -0.1) is 0 Å². The van der Waals surface area contributed by atoms with E-state index in [-0.39, 0.29) is 0 Å². The topological polar surface area (TPSA) is 48.0 Å². The molecule has 4 aromatic heterocycles. The summed E-state index contributed by atoms with van der Waals surface area (Å²) in [6.07, 6.45) is 7.56. The quantitative estimate of drug-likeness (QED) is 0.567. The molecule has 5 nitrogen and oxygen atoms in total. The predicted octanol–water partition coefficient (Wildman–Crippen LogP) is 2.95. The fourth-order valence-corrected chi connectivity index (χ4v) is 2.81. The Morgan fingerprint density at radius 1 is 1.10 bits per heavy atom. The third kappa shape index (κ3) is 1.73. The zero-order valence-electron chi connectivity index (χ0n) is 10.8. The first-order valence-electron chi connectivity index (χ1n) is 6.20. The van der Waals surface area contributed by atoms with Crippen molar-refractivity contribution in [3.8, 4) is 16.8 Å². The summed E-state index contributed by atoms with van der Waals surface area (Å²) in [5.41, 5.74) is 4.93. The van der Waals surface area contributed by atoms with E-state index in [9.17, 15) is 0 Å². The Kier molecular flexibility index (Phi) is 2.43. The highest BCUT2D eigenvalue weighted by atomic mass is 32.1. The smallest absolute Gasteiger partial charge is 0.181 e. The average molecular weight is 281 g/mol. The molecule has 0 spiro atoms. The fraction of sp³-hybridized carbons (Fsp3) is 0.0714. The molecule has 0 fully saturated rings. The minimum absolute atomic E-state index is 0.810.